The highest BCUT2D eigenvalue weighted by Crippen LogP contribution is 2.23. The van der Waals surface area contributed by atoms with Gasteiger partial charge in [0.15, 0.2) is 0 Å². The van der Waals surface area contributed by atoms with Crippen LogP contribution in [0.3, 0.4) is 0 Å². The number of hydrogen-bond acceptors (Lipinski definition) is 4. The van der Waals surface area contributed by atoms with E-state index >= 15 is 0 Å². The summed E-state index contributed by atoms with van der Waals surface area (Å²) in [7, 11) is 0. The number of para-hydroxylation sites is 1. The molecule has 0 aliphatic heterocycles. The maximum Gasteiger partial charge on any atom is 0.308 e. The standard InChI is InChI=1S/C18H22N4O3/c23-17(16-19-12-22(21-16)13-8-4-3-5-9-13)20-15-11-7-2-1-6-10-14(15)18(24)25/h3-5,8-9,12,14-15H,1-2,6-7,10-11H2,(H,20,23)(H,24,25). The van der Waals surface area contributed by atoms with Gasteiger partial charge in [0.1, 0.15) is 6.33 Å². The molecule has 1 aromatic heterocycles. The molecule has 2 N–H and O–H groups in total. The first-order valence-electron chi connectivity index (χ1n) is 8.66. The zero-order valence-corrected chi connectivity index (χ0v) is 14.0. The Kier molecular flexibility index (Phi) is 5.42. The Balaban J connectivity index is 1.72. The van der Waals surface area contributed by atoms with Crippen LogP contribution in [-0.2, 0) is 4.79 Å². The van der Waals surface area contributed by atoms with Crippen molar-refractivity contribution in [2.24, 2.45) is 5.92 Å². The van der Waals surface area contributed by atoms with Crippen molar-refractivity contribution in [2.75, 3.05) is 0 Å². The van der Waals surface area contributed by atoms with Crippen LogP contribution in [0, 0.1) is 5.92 Å². The lowest BCUT2D eigenvalue weighted by Crippen LogP contribution is -2.44. The first-order valence-corrected chi connectivity index (χ1v) is 8.66. The number of aromatic nitrogens is 3. The summed E-state index contributed by atoms with van der Waals surface area (Å²) in [6.45, 7) is 0. The number of aliphatic carboxylic acids is 1. The minimum Gasteiger partial charge on any atom is -0.481 e. The molecule has 7 nitrogen and oxygen atoms in total. The normalized spacial score (nSPS) is 21.1. The number of carbonyl (C=O) groups is 2. The molecule has 132 valence electrons. The fourth-order valence-electron chi connectivity index (χ4n) is 3.26. The molecule has 25 heavy (non-hydrogen) atoms. The maximum absolute atomic E-state index is 12.5. The van der Waals surface area contributed by atoms with Gasteiger partial charge in [0.2, 0.25) is 5.82 Å². The average Bonchev–Trinajstić information content (AvgIpc) is 3.08. The molecule has 1 aliphatic rings. The van der Waals surface area contributed by atoms with E-state index in [-0.39, 0.29) is 11.9 Å². The van der Waals surface area contributed by atoms with Crippen LogP contribution in [0.4, 0.5) is 0 Å². The highest BCUT2D eigenvalue weighted by atomic mass is 16.4. The molecule has 0 radical (unpaired) electrons. The quantitative estimate of drug-likeness (QED) is 0.889. The highest BCUT2D eigenvalue weighted by Gasteiger charge is 2.30. The van der Waals surface area contributed by atoms with Gasteiger partial charge < -0.3 is 10.4 Å². The summed E-state index contributed by atoms with van der Waals surface area (Å²) in [5.74, 6) is -1.78. The molecule has 1 saturated carbocycles. The van der Waals surface area contributed by atoms with Crippen molar-refractivity contribution in [1.82, 2.24) is 20.1 Å². The van der Waals surface area contributed by atoms with Gasteiger partial charge >= 0.3 is 5.97 Å². The van der Waals surface area contributed by atoms with Crippen LogP contribution in [0.15, 0.2) is 36.7 Å². The van der Waals surface area contributed by atoms with Gasteiger partial charge in [-0.25, -0.2) is 9.67 Å². The van der Waals surface area contributed by atoms with Gasteiger partial charge in [0, 0.05) is 6.04 Å². The number of hydrogen-bond donors (Lipinski definition) is 2. The van der Waals surface area contributed by atoms with E-state index in [0.717, 1.165) is 31.4 Å². The van der Waals surface area contributed by atoms with Gasteiger partial charge in [-0.3, -0.25) is 9.59 Å². The van der Waals surface area contributed by atoms with E-state index in [4.69, 9.17) is 0 Å². The first-order chi connectivity index (χ1) is 12.1. The smallest absolute Gasteiger partial charge is 0.308 e. The topological polar surface area (TPSA) is 97.1 Å². The molecule has 1 heterocycles. The molecule has 1 amide bonds. The summed E-state index contributed by atoms with van der Waals surface area (Å²) in [5.41, 5.74) is 0.809. The van der Waals surface area contributed by atoms with E-state index in [2.05, 4.69) is 15.4 Å². The van der Waals surface area contributed by atoms with Crippen LogP contribution in [0.2, 0.25) is 0 Å². The average molecular weight is 342 g/mol. The van der Waals surface area contributed by atoms with Gasteiger partial charge in [-0.1, -0.05) is 43.9 Å². The maximum atomic E-state index is 12.5. The Bertz CT molecular complexity index is 729. The molecule has 0 bridgehead atoms. The first kappa shape index (κ1) is 17.1. The van der Waals surface area contributed by atoms with E-state index < -0.39 is 17.8 Å². The monoisotopic (exact) mass is 342 g/mol. The zero-order chi connectivity index (χ0) is 17.6. The summed E-state index contributed by atoms with van der Waals surface area (Å²) in [4.78, 5) is 28.1. The van der Waals surface area contributed by atoms with Crippen molar-refractivity contribution in [3.05, 3.63) is 42.5 Å². The molecule has 0 saturated heterocycles. The second-order valence-electron chi connectivity index (χ2n) is 6.36. The fourth-order valence-corrected chi connectivity index (χ4v) is 3.26. The second kappa shape index (κ2) is 7.92. The third kappa shape index (κ3) is 4.23. The van der Waals surface area contributed by atoms with Crippen LogP contribution in [0.5, 0.6) is 0 Å². The van der Waals surface area contributed by atoms with Crippen LogP contribution < -0.4 is 5.32 Å². The molecular formula is C18H22N4O3. The number of benzene rings is 1. The lowest BCUT2D eigenvalue weighted by molar-refractivity contribution is -0.143. The predicted octanol–water partition coefficient (Wildman–Crippen LogP) is 2.42. The third-order valence-corrected chi connectivity index (χ3v) is 4.62. The molecule has 7 heteroatoms. The summed E-state index contributed by atoms with van der Waals surface area (Å²) < 4.78 is 1.53. The molecule has 2 aromatic rings. The Morgan fingerprint density at radius 1 is 1.08 bits per heavy atom. The van der Waals surface area contributed by atoms with Crippen molar-refractivity contribution in [3.63, 3.8) is 0 Å². The van der Waals surface area contributed by atoms with Crippen LogP contribution in [0.1, 0.15) is 49.1 Å². The Morgan fingerprint density at radius 2 is 1.80 bits per heavy atom. The summed E-state index contributed by atoms with van der Waals surface area (Å²) in [6, 6.07) is 9.01. The van der Waals surface area contributed by atoms with Gasteiger partial charge in [-0.05, 0) is 25.0 Å². The number of amides is 1. The minimum absolute atomic E-state index is 0.0510. The van der Waals surface area contributed by atoms with E-state index in [9.17, 15) is 14.7 Å². The van der Waals surface area contributed by atoms with Crippen molar-refractivity contribution in [1.29, 1.82) is 0 Å². The van der Waals surface area contributed by atoms with Crippen molar-refractivity contribution in [2.45, 2.75) is 44.6 Å². The van der Waals surface area contributed by atoms with Crippen LogP contribution in [-0.4, -0.2) is 37.8 Å². The fraction of sp³-hybridized carbons (Fsp3) is 0.444. The zero-order valence-electron chi connectivity index (χ0n) is 14.0. The van der Waals surface area contributed by atoms with E-state index in [1.165, 1.54) is 11.0 Å². The number of carboxylic acid groups (broad SMARTS) is 1. The van der Waals surface area contributed by atoms with Gasteiger partial charge in [0.05, 0.1) is 11.6 Å². The van der Waals surface area contributed by atoms with E-state index in [0.29, 0.717) is 12.8 Å². The second-order valence-corrected chi connectivity index (χ2v) is 6.36. The number of carboxylic acids is 1. The minimum atomic E-state index is -0.852. The molecule has 1 aliphatic carbocycles. The highest BCUT2D eigenvalue weighted by molar-refractivity contribution is 5.91. The van der Waals surface area contributed by atoms with E-state index in [1.807, 2.05) is 30.3 Å². The Hall–Kier alpha value is -2.70. The van der Waals surface area contributed by atoms with Gasteiger partial charge in [0.25, 0.3) is 5.91 Å². The molecule has 1 aromatic carbocycles. The van der Waals surface area contributed by atoms with Crippen LogP contribution >= 0.6 is 0 Å². The van der Waals surface area contributed by atoms with Crippen molar-refractivity contribution in [3.8, 4) is 5.69 Å². The van der Waals surface area contributed by atoms with Gasteiger partial charge in [-0.2, -0.15) is 0 Å². The Morgan fingerprint density at radius 3 is 2.52 bits per heavy atom. The van der Waals surface area contributed by atoms with E-state index in [1.54, 1.807) is 0 Å². The van der Waals surface area contributed by atoms with Crippen molar-refractivity contribution < 1.29 is 14.7 Å². The van der Waals surface area contributed by atoms with Gasteiger partial charge in [-0.15, -0.1) is 5.10 Å². The number of nitrogens with zero attached hydrogens (tertiary/aromatic N) is 3. The third-order valence-electron chi connectivity index (χ3n) is 4.62. The summed E-state index contributed by atoms with van der Waals surface area (Å²) >= 11 is 0. The molecule has 2 atom stereocenters. The number of rotatable bonds is 4. The molecule has 1 fully saturated rings. The number of carbonyl (C=O) groups excluding carboxylic acids is 1. The number of nitrogens with one attached hydrogen (secondary N) is 1. The molecule has 2 unspecified atom stereocenters. The Labute approximate surface area is 146 Å². The molecular weight excluding hydrogens is 320 g/mol. The van der Waals surface area contributed by atoms with Crippen LogP contribution in [0.25, 0.3) is 5.69 Å². The lowest BCUT2D eigenvalue weighted by atomic mass is 9.87. The predicted molar refractivity (Wildman–Crippen MR) is 91.4 cm³/mol. The lowest BCUT2D eigenvalue weighted by Gasteiger charge is -2.26. The largest absolute Gasteiger partial charge is 0.481 e. The molecule has 3 rings (SSSR count). The van der Waals surface area contributed by atoms with Crippen molar-refractivity contribution >= 4 is 11.9 Å². The molecule has 0 spiro atoms. The summed E-state index contributed by atoms with van der Waals surface area (Å²) in [6.07, 6.45) is 6.66. The summed E-state index contributed by atoms with van der Waals surface area (Å²) in [5, 5.41) is 16.5. The SMILES string of the molecule is O=C(NC1CCCCCCC1C(=O)O)c1ncn(-c2ccccc2)n1.